The zero-order chi connectivity index (χ0) is 12.6. The van der Waals surface area contributed by atoms with Gasteiger partial charge in [-0.25, -0.2) is 4.68 Å². The number of anilines is 1. The Morgan fingerprint density at radius 2 is 2.00 bits per heavy atom. The van der Waals surface area contributed by atoms with Crippen LogP contribution < -0.4 is 5.73 Å². The molecule has 0 amide bonds. The normalized spacial score (nSPS) is 10.5. The number of nitro groups is 1. The third-order valence-corrected chi connectivity index (χ3v) is 2.65. The molecule has 1 aromatic carbocycles. The fraction of sp³-hybridized carbons (Fsp3) is 0.182. The van der Waals surface area contributed by atoms with Crippen LogP contribution in [0.3, 0.4) is 0 Å². The maximum absolute atomic E-state index is 10.9. The van der Waals surface area contributed by atoms with Crippen LogP contribution in [0.25, 0.3) is 5.69 Å². The van der Waals surface area contributed by atoms with E-state index in [9.17, 15) is 10.1 Å². The van der Waals surface area contributed by atoms with Gasteiger partial charge in [0, 0.05) is 6.07 Å². The van der Waals surface area contributed by atoms with Gasteiger partial charge in [-0.05, 0) is 19.9 Å². The van der Waals surface area contributed by atoms with E-state index in [1.165, 1.54) is 10.7 Å². The summed E-state index contributed by atoms with van der Waals surface area (Å²) in [6.45, 7) is 3.56. The van der Waals surface area contributed by atoms with Crippen LogP contribution in [0.1, 0.15) is 11.4 Å². The van der Waals surface area contributed by atoms with Crippen LogP contribution in [0, 0.1) is 24.0 Å². The maximum atomic E-state index is 10.9. The highest BCUT2D eigenvalue weighted by molar-refractivity contribution is 5.57. The quantitative estimate of drug-likeness (QED) is 0.633. The van der Waals surface area contributed by atoms with E-state index in [1.807, 2.05) is 0 Å². The van der Waals surface area contributed by atoms with Crippen molar-refractivity contribution in [2.45, 2.75) is 13.8 Å². The average Bonchev–Trinajstić information content (AvgIpc) is 2.57. The molecule has 0 fully saturated rings. The molecule has 0 radical (unpaired) electrons. The number of aryl methyl sites for hydroxylation is 1. The first-order valence-corrected chi connectivity index (χ1v) is 5.08. The molecule has 0 bridgehead atoms. The monoisotopic (exact) mass is 232 g/mol. The number of nitrogens with two attached hydrogens (primary N) is 1. The number of hydrogen-bond donors (Lipinski definition) is 1. The molecule has 6 nitrogen and oxygen atoms in total. The predicted octanol–water partition coefficient (Wildman–Crippen LogP) is 1.98. The molecular formula is C11H12N4O2. The summed E-state index contributed by atoms with van der Waals surface area (Å²) in [5, 5.41) is 15.1. The molecule has 2 rings (SSSR count). The minimum Gasteiger partial charge on any atom is -0.396 e. The minimum absolute atomic E-state index is 0.0121. The van der Waals surface area contributed by atoms with Crippen molar-refractivity contribution < 1.29 is 4.92 Å². The SMILES string of the molecule is Cc1nn(-c2ccccc2[N+](=O)[O-])c(C)c1N. The molecule has 88 valence electrons. The lowest BCUT2D eigenvalue weighted by atomic mass is 10.2. The van der Waals surface area contributed by atoms with Gasteiger partial charge in [0.25, 0.3) is 5.69 Å². The summed E-state index contributed by atoms with van der Waals surface area (Å²) in [4.78, 5) is 10.5. The molecule has 0 aliphatic carbocycles. The lowest BCUT2D eigenvalue weighted by Gasteiger charge is -2.04. The molecule has 17 heavy (non-hydrogen) atoms. The molecule has 0 saturated heterocycles. The maximum Gasteiger partial charge on any atom is 0.294 e. The van der Waals surface area contributed by atoms with Crippen LogP contribution in [0.2, 0.25) is 0 Å². The summed E-state index contributed by atoms with van der Waals surface area (Å²) in [5.74, 6) is 0. The highest BCUT2D eigenvalue weighted by atomic mass is 16.6. The van der Waals surface area contributed by atoms with Gasteiger partial charge in [0.2, 0.25) is 0 Å². The van der Waals surface area contributed by atoms with Crippen molar-refractivity contribution >= 4 is 11.4 Å². The summed E-state index contributed by atoms with van der Waals surface area (Å²) in [7, 11) is 0. The molecule has 0 saturated carbocycles. The highest BCUT2D eigenvalue weighted by Crippen LogP contribution is 2.26. The Hall–Kier alpha value is -2.37. The van der Waals surface area contributed by atoms with Crippen LogP contribution in [0.15, 0.2) is 24.3 Å². The Balaban J connectivity index is 2.68. The summed E-state index contributed by atoms with van der Waals surface area (Å²) in [6, 6.07) is 6.45. The van der Waals surface area contributed by atoms with Crippen LogP contribution in [-0.4, -0.2) is 14.7 Å². The standard InChI is InChI=1S/C11H12N4O2/c1-7-11(12)8(2)14(13-7)9-5-3-4-6-10(9)15(16)17/h3-6H,12H2,1-2H3. The van der Waals surface area contributed by atoms with Gasteiger partial charge in [0.05, 0.1) is 22.0 Å². The van der Waals surface area contributed by atoms with Crippen LogP contribution in [-0.2, 0) is 0 Å². The Morgan fingerprint density at radius 3 is 2.53 bits per heavy atom. The van der Waals surface area contributed by atoms with Crippen molar-refractivity contribution in [2.24, 2.45) is 0 Å². The summed E-state index contributed by atoms with van der Waals surface area (Å²) < 4.78 is 1.50. The number of rotatable bonds is 2. The lowest BCUT2D eigenvalue weighted by molar-refractivity contribution is -0.384. The first-order valence-electron chi connectivity index (χ1n) is 5.08. The minimum atomic E-state index is -0.429. The Bertz CT molecular complexity index is 589. The molecule has 1 heterocycles. The molecule has 1 aromatic heterocycles. The van der Waals surface area contributed by atoms with E-state index in [4.69, 9.17) is 5.73 Å². The zero-order valence-electron chi connectivity index (χ0n) is 9.54. The van der Waals surface area contributed by atoms with E-state index in [0.29, 0.717) is 22.8 Å². The molecule has 0 unspecified atom stereocenters. The number of nitro benzene ring substituents is 1. The third-order valence-electron chi connectivity index (χ3n) is 2.65. The van der Waals surface area contributed by atoms with Crippen LogP contribution in [0.5, 0.6) is 0 Å². The van der Waals surface area contributed by atoms with Crippen molar-refractivity contribution in [3.63, 3.8) is 0 Å². The van der Waals surface area contributed by atoms with Gasteiger partial charge in [-0.3, -0.25) is 10.1 Å². The second-order valence-corrected chi connectivity index (χ2v) is 3.74. The molecule has 0 atom stereocenters. The Kier molecular flexibility index (Phi) is 2.55. The smallest absolute Gasteiger partial charge is 0.294 e. The van der Waals surface area contributed by atoms with Crippen molar-refractivity contribution in [3.05, 3.63) is 45.8 Å². The number of nitrogen functional groups attached to an aromatic ring is 1. The van der Waals surface area contributed by atoms with Gasteiger partial charge in [-0.2, -0.15) is 5.10 Å². The van der Waals surface area contributed by atoms with E-state index < -0.39 is 4.92 Å². The average molecular weight is 232 g/mol. The summed E-state index contributed by atoms with van der Waals surface area (Å²) in [5.41, 5.74) is 8.18. The van der Waals surface area contributed by atoms with Gasteiger partial charge < -0.3 is 5.73 Å². The van der Waals surface area contributed by atoms with Crippen molar-refractivity contribution in [1.29, 1.82) is 0 Å². The molecule has 2 N–H and O–H groups in total. The molecule has 0 aliphatic heterocycles. The van der Waals surface area contributed by atoms with Crippen molar-refractivity contribution in [2.75, 3.05) is 5.73 Å². The second kappa shape index (κ2) is 3.89. The van der Waals surface area contributed by atoms with Gasteiger partial charge in [-0.1, -0.05) is 12.1 Å². The topological polar surface area (TPSA) is 87.0 Å². The lowest BCUT2D eigenvalue weighted by Crippen LogP contribution is -2.03. The third kappa shape index (κ3) is 1.73. The van der Waals surface area contributed by atoms with Crippen molar-refractivity contribution in [3.8, 4) is 5.69 Å². The Morgan fingerprint density at radius 1 is 1.35 bits per heavy atom. The van der Waals surface area contributed by atoms with E-state index in [1.54, 1.807) is 32.0 Å². The van der Waals surface area contributed by atoms with E-state index in [-0.39, 0.29) is 5.69 Å². The zero-order valence-corrected chi connectivity index (χ0v) is 9.54. The van der Waals surface area contributed by atoms with Crippen LogP contribution in [0.4, 0.5) is 11.4 Å². The number of para-hydroxylation sites is 2. The van der Waals surface area contributed by atoms with E-state index in [0.717, 1.165) is 0 Å². The molecular weight excluding hydrogens is 220 g/mol. The Labute approximate surface area is 97.8 Å². The largest absolute Gasteiger partial charge is 0.396 e. The van der Waals surface area contributed by atoms with Gasteiger partial charge in [0.1, 0.15) is 5.69 Å². The number of aromatic nitrogens is 2. The number of nitrogens with zero attached hydrogens (tertiary/aromatic N) is 3. The summed E-state index contributed by atoms with van der Waals surface area (Å²) >= 11 is 0. The van der Waals surface area contributed by atoms with E-state index in [2.05, 4.69) is 5.10 Å². The molecule has 0 spiro atoms. The highest BCUT2D eigenvalue weighted by Gasteiger charge is 2.18. The summed E-state index contributed by atoms with van der Waals surface area (Å²) in [6.07, 6.45) is 0. The second-order valence-electron chi connectivity index (χ2n) is 3.74. The van der Waals surface area contributed by atoms with E-state index >= 15 is 0 Å². The van der Waals surface area contributed by atoms with Gasteiger partial charge >= 0.3 is 0 Å². The molecule has 0 aliphatic rings. The predicted molar refractivity (Wildman–Crippen MR) is 64.1 cm³/mol. The van der Waals surface area contributed by atoms with Crippen molar-refractivity contribution in [1.82, 2.24) is 9.78 Å². The number of benzene rings is 1. The molecule has 2 aromatic rings. The number of hydrogen-bond acceptors (Lipinski definition) is 4. The fourth-order valence-corrected chi connectivity index (χ4v) is 1.69. The fourth-order valence-electron chi connectivity index (χ4n) is 1.69. The molecule has 6 heteroatoms. The first-order chi connectivity index (χ1) is 8.02. The van der Waals surface area contributed by atoms with Gasteiger partial charge in [-0.15, -0.1) is 0 Å². The van der Waals surface area contributed by atoms with Crippen LogP contribution >= 0.6 is 0 Å². The van der Waals surface area contributed by atoms with Gasteiger partial charge in [0.15, 0.2) is 0 Å². The first kappa shape index (κ1) is 11.1.